The second-order valence-corrected chi connectivity index (χ2v) is 6.14. The average molecular weight is 369 g/mol. The summed E-state index contributed by atoms with van der Waals surface area (Å²) in [4.78, 5) is 23.6. The van der Waals surface area contributed by atoms with Gasteiger partial charge in [-0.15, -0.1) is 0 Å². The van der Waals surface area contributed by atoms with Crippen LogP contribution in [0, 0.1) is 12.8 Å². The number of rotatable bonds is 5. The van der Waals surface area contributed by atoms with E-state index >= 15 is 0 Å². The summed E-state index contributed by atoms with van der Waals surface area (Å²) in [5.74, 6) is -2.16. The van der Waals surface area contributed by atoms with Crippen LogP contribution in [-0.4, -0.2) is 32.8 Å². The minimum absolute atomic E-state index is 0.0920. The van der Waals surface area contributed by atoms with Crippen LogP contribution < -0.4 is 5.32 Å². The molecule has 1 heterocycles. The van der Waals surface area contributed by atoms with Gasteiger partial charge < -0.3 is 10.4 Å². The Morgan fingerprint density at radius 2 is 1.92 bits per heavy atom. The number of nitrogens with one attached hydrogen (secondary N) is 1. The summed E-state index contributed by atoms with van der Waals surface area (Å²) < 4.78 is 39.8. The molecule has 6 nitrogen and oxygen atoms in total. The van der Waals surface area contributed by atoms with E-state index < -0.39 is 29.7 Å². The number of carbonyl (C=O) groups is 2. The smallest absolute Gasteiger partial charge is 0.416 e. The van der Waals surface area contributed by atoms with E-state index in [1.165, 1.54) is 29.9 Å². The number of aliphatic carboxylic acids is 1. The highest BCUT2D eigenvalue weighted by atomic mass is 19.4. The number of carboxylic acid groups (broad SMARTS) is 1. The first-order valence-corrected chi connectivity index (χ1v) is 7.78. The van der Waals surface area contributed by atoms with Crippen molar-refractivity contribution in [3.05, 3.63) is 47.3 Å². The van der Waals surface area contributed by atoms with Gasteiger partial charge in [0.25, 0.3) is 5.91 Å². The molecule has 26 heavy (non-hydrogen) atoms. The van der Waals surface area contributed by atoms with E-state index in [1.54, 1.807) is 13.8 Å². The molecule has 2 N–H and O–H groups in total. The molecule has 2 aromatic rings. The Morgan fingerprint density at radius 1 is 1.27 bits per heavy atom. The highest BCUT2D eigenvalue weighted by Crippen LogP contribution is 2.30. The van der Waals surface area contributed by atoms with Gasteiger partial charge in [0.05, 0.1) is 28.7 Å². The van der Waals surface area contributed by atoms with Gasteiger partial charge in [0, 0.05) is 0 Å². The maximum Gasteiger partial charge on any atom is 0.416 e. The summed E-state index contributed by atoms with van der Waals surface area (Å²) in [6, 6.07) is 3.47. The van der Waals surface area contributed by atoms with Crippen molar-refractivity contribution in [2.24, 2.45) is 5.92 Å². The minimum atomic E-state index is -4.50. The zero-order valence-electron chi connectivity index (χ0n) is 14.3. The summed E-state index contributed by atoms with van der Waals surface area (Å²) in [5, 5.41) is 15.5. The Morgan fingerprint density at radius 3 is 2.46 bits per heavy atom. The van der Waals surface area contributed by atoms with Gasteiger partial charge in [-0.2, -0.15) is 18.3 Å². The quantitative estimate of drug-likeness (QED) is 0.849. The lowest BCUT2D eigenvalue weighted by atomic mass is 10.0. The summed E-state index contributed by atoms with van der Waals surface area (Å²) >= 11 is 0. The van der Waals surface area contributed by atoms with E-state index in [9.17, 15) is 22.8 Å². The summed E-state index contributed by atoms with van der Waals surface area (Å²) in [6.07, 6.45) is -3.30. The molecule has 2 rings (SSSR count). The van der Waals surface area contributed by atoms with Crippen molar-refractivity contribution in [1.82, 2.24) is 15.1 Å². The Bertz CT molecular complexity index is 828. The number of halogens is 3. The molecule has 0 aliphatic rings. The van der Waals surface area contributed by atoms with Crippen LogP contribution in [0.25, 0.3) is 5.69 Å². The third-order valence-corrected chi connectivity index (χ3v) is 3.89. The van der Waals surface area contributed by atoms with Crippen molar-refractivity contribution in [3.63, 3.8) is 0 Å². The van der Waals surface area contributed by atoms with Gasteiger partial charge in [0.2, 0.25) is 0 Å². The van der Waals surface area contributed by atoms with Gasteiger partial charge in [0.15, 0.2) is 0 Å². The highest BCUT2D eigenvalue weighted by molar-refractivity contribution is 5.97. The third kappa shape index (κ3) is 4.04. The number of hydrogen-bond donors (Lipinski definition) is 2. The normalized spacial score (nSPS) is 12.9. The van der Waals surface area contributed by atoms with Crippen LogP contribution in [0.1, 0.15) is 35.5 Å². The summed E-state index contributed by atoms with van der Waals surface area (Å²) in [6.45, 7) is 4.82. The fraction of sp³-hybridized carbons (Fsp3) is 0.353. The SMILES string of the molecule is Cc1c(C(=O)NC(C(=O)O)C(C)C)cnn1-c1cccc(C(F)(F)F)c1. The molecule has 0 saturated carbocycles. The molecular formula is C17H18F3N3O3. The molecule has 0 radical (unpaired) electrons. The fourth-order valence-electron chi connectivity index (χ4n) is 2.44. The molecular weight excluding hydrogens is 351 g/mol. The standard InChI is InChI=1S/C17H18F3N3O3/c1-9(2)14(16(25)26)22-15(24)13-8-21-23(10(13)3)12-6-4-5-11(7-12)17(18,19)20/h4-9,14H,1-3H3,(H,22,24)(H,25,26). The minimum Gasteiger partial charge on any atom is -0.480 e. The number of amides is 1. The number of benzene rings is 1. The largest absolute Gasteiger partial charge is 0.480 e. The van der Waals surface area contributed by atoms with Crippen LogP contribution in [-0.2, 0) is 11.0 Å². The first kappa shape index (κ1) is 19.5. The van der Waals surface area contributed by atoms with Crippen LogP contribution in [0.3, 0.4) is 0 Å². The number of nitrogens with zero attached hydrogens (tertiary/aromatic N) is 2. The summed E-state index contributed by atoms with van der Waals surface area (Å²) in [5.41, 5.74) is -0.291. The molecule has 9 heteroatoms. The first-order valence-electron chi connectivity index (χ1n) is 7.78. The molecule has 0 aliphatic heterocycles. The average Bonchev–Trinajstić information content (AvgIpc) is 2.92. The van der Waals surface area contributed by atoms with Crippen molar-refractivity contribution < 1.29 is 27.9 Å². The van der Waals surface area contributed by atoms with Crippen LogP contribution in [0.2, 0.25) is 0 Å². The van der Waals surface area contributed by atoms with Crippen molar-refractivity contribution in [3.8, 4) is 5.69 Å². The van der Waals surface area contributed by atoms with Crippen molar-refractivity contribution in [1.29, 1.82) is 0 Å². The van der Waals surface area contributed by atoms with Crippen LogP contribution >= 0.6 is 0 Å². The van der Waals surface area contributed by atoms with E-state index in [2.05, 4.69) is 10.4 Å². The predicted molar refractivity (Wildman–Crippen MR) is 87.0 cm³/mol. The highest BCUT2D eigenvalue weighted by Gasteiger charge is 2.31. The monoisotopic (exact) mass is 369 g/mol. The zero-order chi connectivity index (χ0) is 19.6. The Kier molecular flexibility index (Phi) is 5.38. The molecule has 0 fully saturated rings. The lowest BCUT2D eigenvalue weighted by molar-refractivity contribution is -0.140. The Hall–Kier alpha value is -2.84. The Balaban J connectivity index is 2.33. The predicted octanol–water partition coefficient (Wildman–Crippen LogP) is 3.04. The van der Waals surface area contributed by atoms with Crippen molar-refractivity contribution >= 4 is 11.9 Å². The van der Waals surface area contributed by atoms with Gasteiger partial charge >= 0.3 is 12.1 Å². The van der Waals surface area contributed by atoms with Crippen LogP contribution in [0.15, 0.2) is 30.5 Å². The molecule has 1 amide bonds. The number of carbonyl (C=O) groups excluding carboxylic acids is 1. The second-order valence-electron chi connectivity index (χ2n) is 6.14. The first-order chi connectivity index (χ1) is 12.0. The van der Waals surface area contributed by atoms with Crippen LogP contribution in [0.5, 0.6) is 0 Å². The van der Waals surface area contributed by atoms with E-state index in [0.29, 0.717) is 5.69 Å². The molecule has 1 aromatic carbocycles. The molecule has 1 atom stereocenters. The molecule has 140 valence electrons. The van der Waals surface area contributed by atoms with Gasteiger partial charge in [-0.25, -0.2) is 9.48 Å². The lowest BCUT2D eigenvalue weighted by Crippen LogP contribution is -2.44. The maximum atomic E-state index is 12.9. The zero-order valence-corrected chi connectivity index (χ0v) is 14.3. The topological polar surface area (TPSA) is 84.2 Å². The van der Waals surface area contributed by atoms with Gasteiger partial charge in [-0.05, 0) is 31.0 Å². The van der Waals surface area contributed by atoms with Gasteiger partial charge in [-0.3, -0.25) is 4.79 Å². The number of alkyl halides is 3. The number of aromatic nitrogens is 2. The summed E-state index contributed by atoms with van der Waals surface area (Å²) in [7, 11) is 0. The molecule has 0 saturated heterocycles. The van der Waals surface area contributed by atoms with E-state index in [1.807, 2.05) is 0 Å². The van der Waals surface area contributed by atoms with Crippen molar-refractivity contribution in [2.45, 2.75) is 33.0 Å². The number of carboxylic acids is 1. The van der Waals surface area contributed by atoms with E-state index in [4.69, 9.17) is 5.11 Å². The fourth-order valence-corrected chi connectivity index (χ4v) is 2.44. The maximum absolute atomic E-state index is 12.9. The number of hydrogen-bond acceptors (Lipinski definition) is 3. The van der Waals surface area contributed by atoms with E-state index in [0.717, 1.165) is 12.1 Å². The van der Waals surface area contributed by atoms with Crippen LogP contribution in [0.4, 0.5) is 13.2 Å². The third-order valence-electron chi connectivity index (χ3n) is 3.89. The lowest BCUT2D eigenvalue weighted by Gasteiger charge is -2.17. The van der Waals surface area contributed by atoms with Gasteiger partial charge in [-0.1, -0.05) is 19.9 Å². The molecule has 1 unspecified atom stereocenters. The van der Waals surface area contributed by atoms with Crippen molar-refractivity contribution in [2.75, 3.05) is 0 Å². The molecule has 0 spiro atoms. The Labute approximate surface area is 147 Å². The van der Waals surface area contributed by atoms with E-state index in [-0.39, 0.29) is 17.2 Å². The van der Waals surface area contributed by atoms with Gasteiger partial charge in [0.1, 0.15) is 6.04 Å². The molecule has 1 aromatic heterocycles. The second kappa shape index (κ2) is 7.19. The molecule has 0 aliphatic carbocycles. The molecule has 0 bridgehead atoms.